The monoisotopic (exact) mass is 247 g/mol. The van der Waals surface area contributed by atoms with E-state index in [9.17, 15) is 4.79 Å². The maximum Gasteiger partial charge on any atom is 0.251 e. The number of amides is 1. The number of nitrogen functional groups attached to an aromatic ring is 1. The molecule has 0 bridgehead atoms. The van der Waals surface area contributed by atoms with Crippen LogP contribution in [0, 0.1) is 12.8 Å². The second kappa shape index (κ2) is 5.40. The van der Waals surface area contributed by atoms with Crippen molar-refractivity contribution in [2.24, 2.45) is 11.8 Å². The summed E-state index contributed by atoms with van der Waals surface area (Å²) in [4.78, 5) is 12.0. The Morgan fingerprint density at radius 2 is 2.28 bits per heavy atom. The fourth-order valence-corrected chi connectivity index (χ4v) is 2.33. The van der Waals surface area contributed by atoms with Gasteiger partial charge in [-0.05, 0) is 49.4 Å². The maximum atomic E-state index is 12.0. The lowest BCUT2D eigenvalue weighted by Gasteiger charge is -2.08. The summed E-state index contributed by atoms with van der Waals surface area (Å²) >= 11 is 0. The molecule has 4 heteroatoms. The molecule has 2 rings (SSSR count). The predicted octanol–water partition coefficient (Wildman–Crippen LogP) is 2.20. The molecule has 1 saturated carbocycles. The van der Waals surface area contributed by atoms with E-state index in [1.54, 1.807) is 6.07 Å². The van der Waals surface area contributed by atoms with Crippen LogP contribution < -0.4 is 16.6 Å². The van der Waals surface area contributed by atoms with Crippen molar-refractivity contribution in [3.05, 3.63) is 29.3 Å². The highest BCUT2D eigenvalue weighted by Gasteiger charge is 2.37. The van der Waals surface area contributed by atoms with E-state index in [0.717, 1.165) is 17.7 Å². The van der Waals surface area contributed by atoms with Gasteiger partial charge in [-0.2, -0.15) is 0 Å². The third-order valence-corrected chi connectivity index (χ3v) is 3.54. The summed E-state index contributed by atoms with van der Waals surface area (Å²) < 4.78 is 0. The fourth-order valence-electron chi connectivity index (χ4n) is 2.33. The fraction of sp³-hybridized carbons (Fsp3) is 0.500. The van der Waals surface area contributed by atoms with Crippen LogP contribution in [0.2, 0.25) is 0 Å². The lowest BCUT2D eigenvalue weighted by Crippen LogP contribution is -2.27. The standard InChI is InChI=1S/C14H21N3O/c1-3-4-10-8-13(10)16-14(18)11-5-6-12(17-15)9(2)7-11/h5-7,10,13,17H,3-4,8,15H2,1-2H3,(H,16,18). The highest BCUT2D eigenvalue weighted by molar-refractivity contribution is 5.95. The van der Waals surface area contributed by atoms with Crippen molar-refractivity contribution in [3.8, 4) is 0 Å². The maximum absolute atomic E-state index is 12.0. The van der Waals surface area contributed by atoms with E-state index in [4.69, 9.17) is 5.84 Å². The van der Waals surface area contributed by atoms with E-state index >= 15 is 0 Å². The minimum Gasteiger partial charge on any atom is -0.349 e. The molecule has 0 radical (unpaired) electrons. The highest BCUT2D eigenvalue weighted by atomic mass is 16.1. The molecule has 2 atom stereocenters. The Morgan fingerprint density at radius 1 is 1.50 bits per heavy atom. The molecule has 0 aliphatic heterocycles. The lowest BCUT2D eigenvalue weighted by atomic mass is 10.1. The number of rotatable bonds is 5. The molecule has 1 fully saturated rings. The number of hydrogen-bond acceptors (Lipinski definition) is 3. The Kier molecular flexibility index (Phi) is 3.87. The molecule has 0 aromatic heterocycles. The van der Waals surface area contributed by atoms with Crippen LogP contribution in [0.1, 0.15) is 42.1 Å². The van der Waals surface area contributed by atoms with Gasteiger partial charge in [0.15, 0.2) is 0 Å². The Bertz CT molecular complexity index is 445. The van der Waals surface area contributed by atoms with Crippen molar-refractivity contribution in [3.63, 3.8) is 0 Å². The third-order valence-electron chi connectivity index (χ3n) is 3.54. The molecule has 1 aromatic rings. The van der Waals surface area contributed by atoms with Gasteiger partial charge in [0.25, 0.3) is 5.91 Å². The largest absolute Gasteiger partial charge is 0.349 e. The lowest BCUT2D eigenvalue weighted by molar-refractivity contribution is 0.0949. The van der Waals surface area contributed by atoms with Crippen LogP contribution in [0.25, 0.3) is 0 Å². The summed E-state index contributed by atoms with van der Waals surface area (Å²) in [6.07, 6.45) is 3.52. The van der Waals surface area contributed by atoms with Gasteiger partial charge in [-0.3, -0.25) is 10.6 Å². The van der Waals surface area contributed by atoms with Gasteiger partial charge in [-0.25, -0.2) is 0 Å². The second-order valence-corrected chi connectivity index (χ2v) is 5.04. The van der Waals surface area contributed by atoms with E-state index in [-0.39, 0.29) is 5.91 Å². The van der Waals surface area contributed by atoms with Gasteiger partial charge < -0.3 is 10.7 Å². The molecule has 98 valence electrons. The summed E-state index contributed by atoms with van der Waals surface area (Å²) in [6.45, 7) is 4.11. The van der Waals surface area contributed by atoms with Gasteiger partial charge in [0.1, 0.15) is 0 Å². The average molecular weight is 247 g/mol. The van der Waals surface area contributed by atoms with Crippen molar-refractivity contribution in [1.82, 2.24) is 5.32 Å². The first-order valence-electron chi connectivity index (χ1n) is 6.53. The molecule has 1 aliphatic carbocycles. The normalized spacial score (nSPS) is 21.5. The average Bonchev–Trinajstić information content (AvgIpc) is 3.07. The number of nitrogens with one attached hydrogen (secondary N) is 2. The number of hydrazine groups is 1. The Morgan fingerprint density at radius 3 is 2.89 bits per heavy atom. The van der Waals surface area contributed by atoms with Gasteiger partial charge in [0.05, 0.1) is 5.69 Å². The number of carbonyl (C=O) groups excluding carboxylic acids is 1. The first-order chi connectivity index (χ1) is 8.65. The number of hydrogen-bond donors (Lipinski definition) is 3. The van der Waals surface area contributed by atoms with E-state index < -0.39 is 0 Å². The van der Waals surface area contributed by atoms with E-state index in [0.29, 0.717) is 17.5 Å². The van der Waals surface area contributed by atoms with E-state index in [1.165, 1.54) is 12.8 Å². The first kappa shape index (κ1) is 12.9. The minimum atomic E-state index is 0.0188. The SMILES string of the molecule is CCCC1CC1NC(=O)c1ccc(NN)c(C)c1. The number of carbonyl (C=O) groups is 1. The number of aryl methyl sites for hydroxylation is 1. The number of anilines is 1. The van der Waals surface area contributed by atoms with Gasteiger partial charge in [-0.15, -0.1) is 0 Å². The molecule has 0 saturated heterocycles. The van der Waals surface area contributed by atoms with Crippen LogP contribution in [0.3, 0.4) is 0 Å². The van der Waals surface area contributed by atoms with E-state index in [1.807, 2.05) is 19.1 Å². The Labute approximate surface area is 108 Å². The zero-order valence-electron chi connectivity index (χ0n) is 11.0. The Hall–Kier alpha value is -1.55. The summed E-state index contributed by atoms with van der Waals surface area (Å²) in [5.74, 6) is 6.07. The van der Waals surface area contributed by atoms with Gasteiger partial charge in [0, 0.05) is 11.6 Å². The molecule has 1 aliphatic rings. The second-order valence-electron chi connectivity index (χ2n) is 5.04. The zero-order chi connectivity index (χ0) is 13.1. The van der Waals surface area contributed by atoms with Crippen molar-refractivity contribution in [2.75, 3.05) is 5.43 Å². The predicted molar refractivity (Wildman–Crippen MR) is 73.3 cm³/mol. The van der Waals surface area contributed by atoms with Gasteiger partial charge in [-0.1, -0.05) is 13.3 Å². The summed E-state index contributed by atoms with van der Waals surface area (Å²) in [7, 11) is 0. The minimum absolute atomic E-state index is 0.0188. The molecule has 1 amide bonds. The topological polar surface area (TPSA) is 67.2 Å². The zero-order valence-corrected chi connectivity index (χ0v) is 11.0. The van der Waals surface area contributed by atoms with Crippen LogP contribution in [-0.2, 0) is 0 Å². The number of benzene rings is 1. The third kappa shape index (κ3) is 2.82. The molecule has 0 heterocycles. The molecule has 2 unspecified atom stereocenters. The van der Waals surface area contributed by atoms with Crippen molar-refractivity contribution >= 4 is 11.6 Å². The van der Waals surface area contributed by atoms with Crippen molar-refractivity contribution in [2.45, 2.75) is 39.2 Å². The van der Waals surface area contributed by atoms with Crippen LogP contribution in [0.15, 0.2) is 18.2 Å². The Balaban J connectivity index is 1.95. The molecular formula is C14H21N3O. The summed E-state index contributed by atoms with van der Waals surface area (Å²) in [6, 6.07) is 5.88. The van der Waals surface area contributed by atoms with E-state index in [2.05, 4.69) is 17.7 Å². The quantitative estimate of drug-likeness (QED) is 0.552. The van der Waals surface area contributed by atoms with Crippen LogP contribution in [-0.4, -0.2) is 11.9 Å². The van der Waals surface area contributed by atoms with Gasteiger partial charge >= 0.3 is 0 Å². The molecule has 4 N–H and O–H groups in total. The summed E-state index contributed by atoms with van der Waals surface area (Å²) in [5, 5.41) is 3.08. The van der Waals surface area contributed by atoms with Crippen molar-refractivity contribution in [1.29, 1.82) is 0 Å². The number of nitrogens with two attached hydrogens (primary N) is 1. The highest BCUT2D eigenvalue weighted by Crippen LogP contribution is 2.34. The van der Waals surface area contributed by atoms with Crippen LogP contribution >= 0.6 is 0 Å². The first-order valence-corrected chi connectivity index (χ1v) is 6.53. The van der Waals surface area contributed by atoms with Gasteiger partial charge in [0.2, 0.25) is 0 Å². The van der Waals surface area contributed by atoms with Crippen LogP contribution in [0.4, 0.5) is 5.69 Å². The summed E-state index contributed by atoms with van der Waals surface area (Å²) in [5.41, 5.74) is 5.14. The molecular weight excluding hydrogens is 226 g/mol. The molecule has 4 nitrogen and oxygen atoms in total. The molecule has 18 heavy (non-hydrogen) atoms. The van der Waals surface area contributed by atoms with Crippen LogP contribution in [0.5, 0.6) is 0 Å². The van der Waals surface area contributed by atoms with Crippen molar-refractivity contribution < 1.29 is 4.79 Å². The molecule has 0 spiro atoms. The molecule has 1 aromatic carbocycles. The smallest absolute Gasteiger partial charge is 0.251 e.